The van der Waals surface area contributed by atoms with Gasteiger partial charge in [-0.2, -0.15) is 0 Å². The Bertz CT molecular complexity index is 2990. The van der Waals surface area contributed by atoms with E-state index in [2.05, 4.69) is 252 Å². The third-order valence-electron chi connectivity index (χ3n) is 12.3. The molecule has 0 N–H and O–H groups in total. The van der Waals surface area contributed by atoms with E-state index in [1.54, 1.807) is 0 Å². The van der Waals surface area contributed by atoms with Crippen LogP contribution in [0.1, 0.15) is 12.8 Å². The predicted octanol–water partition coefficient (Wildman–Crippen LogP) is 16.8. The molecule has 2 heteroatoms. The van der Waals surface area contributed by atoms with Gasteiger partial charge in [-0.05, 0) is 129 Å². The number of benzene rings is 9. The van der Waals surface area contributed by atoms with Crippen molar-refractivity contribution in [2.24, 2.45) is 0 Å². The van der Waals surface area contributed by atoms with Crippen molar-refractivity contribution in [3.63, 3.8) is 0 Å². The second kappa shape index (κ2) is 16.3. The normalized spacial score (nSPS) is 12.7. The van der Waals surface area contributed by atoms with Gasteiger partial charge in [-0.25, -0.2) is 0 Å². The van der Waals surface area contributed by atoms with Crippen molar-refractivity contribution in [3.05, 3.63) is 248 Å². The molecule has 11 rings (SSSR count). The summed E-state index contributed by atoms with van der Waals surface area (Å²) in [4.78, 5) is 4.80. The van der Waals surface area contributed by atoms with Crippen LogP contribution in [0.4, 0.5) is 28.4 Å². The molecule has 0 atom stereocenters. The number of hydrogen-bond donors (Lipinski definition) is 0. The second-order valence-electron chi connectivity index (χ2n) is 16.0. The van der Waals surface area contributed by atoms with Crippen molar-refractivity contribution in [2.75, 3.05) is 9.80 Å². The van der Waals surface area contributed by atoms with Gasteiger partial charge in [-0.3, -0.25) is 0 Å². The quantitative estimate of drug-likeness (QED) is 0.151. The molecule has 2 nitrogen and oxygen atoms in total. The fourth-order valence-electron chi connectivity index (χ4n) is 9.12. The molecule has 0 radical (unpaired) electrons. The van der Waals surface area contributed by atoms with Crippen LogP contribution in [0.15, 0.2) is 248 Å². The first kappa shape index (κ1) is 37.1. The summed E-state index contributed by atoms with van der Waals surface area (Å²) >= 11 is 0. The van der Waals surface area contributed by atoms with Gasteiger partial charge in [0.25, 0.3) is 0 Å². The first-order valence-electron chi connectivity index (χ1n) is 21.6. The van der Waals surface area contributed by atoms with E-state index in [9.17, 15) is 0 Å². The number of hydrogen-bond acceptors (Lipinski definition) is 2. The van der Waals surface area contributed by atoms with Crippen LogP contribution in [0.2, 0.25) is 0 Å². The molecule has 2 aliphatic rings. The second-order valence-corrected chi connectivity index (χ2v) is 16.0. The van der Waals surface area contributed by atoms with Crippen molar-refractivity contribution < 1.29 is 0 Å². The molecular weight excluding hydrogens is 749 g/mol. The molecule has 1 heterocycles. The molecule has 0 spiro atoms. The zero-order valence-electron chi connectivity index (χ0n) is 34.4. The Morgan fingerprint density at radius 1 is 0.306 bits per heavy atom. The van der Waals surface area contributed by atoms with Crippen LogP contribution < -0.4 is 9.80 Å². The molecule has 1 aliphatic heterocycles. The zero-order valence-corrected chi connectivity index (χ0v) is 34.4. The zero-order chi connectivity index (χ0) is 41.2. The van der Waals surface area contributed by atoms with E-state index in [1.165, 1.54) is 83.8 Å². The third-order valence-corrected chi connectivity index (χ3v) is 12.3. The van der Waals surface area contributed by atoms with Crippen LogP contribution in [0.25, 0.3) is 66.8 Å². The van der Waals surface area contributed by atoms with Gasteiger partial charge in [-0.15, -0.1) is 0 Å². The standard InChI is InChI=1S/C60H44N2/c1-4-14-43(15-5-1)46-28-35-52(36-29-46)61(53-37-30-47(31-38-53)44-16-6-2-7-17-44)54-39-32-48(33-40-54)45-24-26-49(27-25-45)50-34-41-60-58(42-50)56-21-11-10-20-55(56)57-22-12-13-23-59(57)62(60)51-18-8-3-9-19-51/h1-2,4-8,10-42H,3,9H2. The summed E-state index contributed by atoms with van der Waals surface area (Å²) in [6.07, 6.45) is 9.08. The monoisotopic (exact) mass is 792 g/mol. The fraction of sp³-hybridized carbons (Fsp3) is 0.0333. The van der Waals surface area contributed by atoms with Gasteiger partial charge in [0.2, 0.25) is 0 Å². The van der Waals surface area contributed by atoms with Crippen LogP contribution in [0, 0.1) is 0 Å². The van der Waals surface area contributed by atoms with E-state index in [-0.39, 0.29) is 0 Å². The summed E-state index contributed by atoms with van der Waals surface area (Å²) in [7, 11) is 0. The maximum atomic E-state index is 2.46. The maximum absolute atomic E-state index is 2.46. The minimum Gasteiger partial charge on any atom is -0.311 e. The van der Waals surface area contributed by atoms with E-state index in [0.717, 1.165) is 29.9 Å². The molecule has 0 aromatic heterocycles. The van der Waals surface area contributed by atoms with E-state index in [4.69, 9.17) is 0 Å². The Morgan fingerprint density at radius 3 is 1.19 bits per heavy atom. The molecule has 0 bridgehead atoms. The molecule has 0 unspecified atom stereocenters. The van der Waals surface area contributed by atoms with Crippen molar-refractivity contribution in [1.82, 2.24) is 0 Å². The van der Waals surface area contributed by atoms with E-state index in [0.29, 0.717) is 0 Å². The summed E-state index contributed by atoms with van der Waals surface area (Å²) < 4.78 is 0. The number of para-hydroxylation sites is 1. The lowest BCUT2D eigenvalue weighted by Gasteiger charge is -2.29. The fourth-order valence-corrected chi connectivity index (χ4v) is 9.12. The van der Waals surface area contributed by atoms with Gasteiger partial charge in [0.1, 0.15) is 0 Å². The number of allylic oxidation sites excluding steroid dienone is 3. The smallest absolute Gasteiger partial charge is 0.0540 e. The molecule has 0 saturated carbocycles. The number of fused-ring (bicyclic) bond motifs is 5. The largest absolute Gasteiger partial charge is 0.311 e. The highest BCUT2D eigenvalue weighted by Crippen LogP contribution is 2.50. The molecule has 62 heavy (non-hydrogen) atoms. The minimum atomic E-state index is 1.05. The summed E-state index contributed by atoms with van der Waals surface area (Å²) in [5, 5.41) is 0. The van der Waals surface area contributed by atoms with Crippen molar-refractivity contribution >= 4 is 28.4 Å². The molecule has 0 amide bonds. The Labute approximate surface area is 364 Å². The highest BCUT2D eigenvalue weighted by molar-refractivity contribution is 6.02. The lowest BCUT2D eigenvalue weighted by molar-refractivity contribution is 0.998. The third kappa shape index (κ3) is 7.02. The molecular formula is C60H44N2. The average molecular weight is 793 g/mol. The van der Waals surface area contributed by atoms with Crippen LogP contribution in [0.5, 0.6) is 0 Å². The van der Waals surface area contributed by atoms with Crippen LogP contribution in [-0.4, -0.2) is 0 Å². The van der Waals surface area contributed by atoms with E-state index in [1.807, 2.05) is 0 Å². The first-order valence-corrected chi connectivity index (χ1v) is 21.6. The average Bonchev–Trinajstić information content (AvgIpc) is 3.48. The lowest BCUT2D eigenvalue weighted by atomic mass is 9.92. The van der Waals surface area contributed by atoms with Gasteiger partial charge >= 0.3 is 0 Å². The Hall–Kier alpha value is -7.94. The lowest BCUT2D eigenvalue weighted by Crippen LogP contribution is -2.17. The summed E-state index contributed by atoms with van der Waals surface area (Å²) in [6.45, 7) is 0. The van der Waals surface area contributed by atoms with Gasteiger partial charge < -0.3 is 9.80 Å². The first-order chi connectivity index (χ1) is 30.7. The molecule has 0 saturated heterocycles. The Balaban J connectivity index is 0.914. The van der Waals surface area contributed by atoms with Crippen molar-refractivity contribution in [2.45, 2.75) is 12.8 Å². The van der Waals surface area contributed by atoms with Crippen LogP contribution in [-0.2, 0) is 0 Å². The minimum absolute atomic E-state index is 1.05. The molecule has 1 aliphatic carbocycles. The SMILES string of the molecule is C1=CC(N2c3ccccc3-c3ccccc3-c3cc(-c4ccc(-c5ccc(N(c6ccc(-c7ccccc7)cc6)c6ccc(-c7ccccc7)cc6)cc5)cc4)ccc32)=CCC1. The van der Waals surface area contributed by atoms with E-state index < -0.39 is 0 Å². The molecule has 0 fully saturated rings. The van der Waals surface area contributed by atoms with Crippen molar-refractivity contribution in [3.8, 4) is 66.8 Å². The van der Waals surface area contributed by atoms with Crippen LogP contribution in [0.3, 0.4) is 0 Å². The molecule has 9 aromatic carbocycles. The topological polar surface area (TPSA) is 6.48 Å². The summed E-state index contributed by atoms with van der Waals surface area (Å²) in [5.74, 6) is 0. The van der Waals surface area contributed by atoms with Gasteiger partial charge in [0.15, 0.2) is 0 Å². The molecule has 294 valence electrons. The molecule has 9 aromatic rings. The predicted molar refractivity (Wildman–Crippen MR) is 262 cm³/mol. The number of anilines is 5. The van der Waals surface area contributed by atoms with E-state index >= 15 is 0 Å². The van der Waals surface area contributed by atoms with Crippen LogP contribution >= 0.6 is 0 Å². The highest BCUT2D eigenvalue weighted by Gasteiger charge is 2.27. The number of rotatable bonds is 8. The maximum Gasteiger partial charge on any atom is 0.0540 e. The summed E-state index contributed by atoms with van der Waals surface area (Å²) in [5.41, 5.74) is 21.5. The Kier molecular flexibility index (Phi) is 9.72. The highest BCUT2D eigenvalue weighted by atomic mass is 15.2. The van der Waals surface area contributed by atoms with Gasteiger partial charge in [-0.1, -0.05) is 182 Å². The van der Waals surface area contributed by atoms with Gasteiger partial charge in [0, 0.05) is 33.9 Å². The number of nitrogens with zero attached hydrogens (tertiary/aromatic N) is 2. The Morgan fingerprint density at radius 2 is 0.694 bits per heavy atom. The van der Waals surface area contributed by atoms with Crippen molar-refractivity contribution in [1.29, 1.82) is 0 Å². The van der Waals surface area contributed by atoms with Gasteiger partial charge in [0.05, 0.1) is 11.4 Å². The summed E-state index contributed by atoms with van der Waals surface area (Å²) in [6, 6.07) is 81.6.